The van der Waals surface area contributed by atoms with Gasteiger partial charge in [0.25, 0.3) is 0 Å². The molecule has 1 aromatic heterocycles. The van der Waals surface area contributed by atoms with E-state index in [0.29, 0.717) is 44.3 Å². The second-order valence-electron chi connectivity index (χ2n) is 5.52. The molecule has 0 saturated carbocycles. The van der Waals surface area contributed by atoms with Crippen LogP contribution in [0.15, 0.2) is 42.6 Å². The number of hydrogen-bond donors (Lipinski definition) is 1. The molecule has 0 bridgehead atoms. The highest BCUT2D eigenvalue weighted by molar-refractivity contribution is 7.15. The molecule has 0 unspecified atom stereocenters. The number of anilines is 1. The Morgan fingerprint density at radius 2 is 1.78 bits per heavy atom. The van der Waals surface area contributed by atoms with E-state index in [0.717, 1.165) is 4.88 Å². The molecule has 0 saturated heterocycles. The first-order chi connectivity index (χ1) is 13.0. The van der Waals surface area contributed by atoms with E-state index in [9.17, 15) is 4.79 Å². The summed E-state index contributed by atoms with van der Waals surface area (Å²) in [6.07, 6.45) is 1.70. The average molecular weight is 423 g/mol. The monoisotopic (exact) mass is 422 g/mol. The van der Waals surface area contributed by atoms with Crippen LogP contribution in [-0.2, 0) is 6.54 Å². The van der Waals surface area contributed by atoms with Gasteiger partial charge in [-0.25, -0.2) is 4.98 Å². The van der Waals surface area contributed by atoms with Crippen LogP contribution in [0.5, 0.6) is 11.5 Å². The number of benzene rings is 2. The summed E-state index contributed by atoms with van der Waals surface area (Å²) in [5, 5.41) is 3.83. The maximum absolute atomic E-state index is 13.1. The first-order valence-corrected chi connectivity index (χ1v) is 9.49. The third-order valence-electron chi connectivity index (χ3n) is 3.85. The van der Waals surface area contributed by atoms with E-state index in [1.165, 1.54) is 18.4 Å². The quantitative estimate of drug-likeness (QED) is 0.522. The lowest BCUT2D eigenvalue weighted by Gasteiger charge is -2.15. The Labute approximate surface area is 170 Å². The van der Waals surface area contributed by atoms with E-state index < -0.39 is 0 Å². The van der Waals surface area contributed by atoms with Gasteiger partial charge >= 0.3 is 0 Å². The van der Waals surface area contributed by atoms with E-state index in [4.69, 9.17) is 32.7 Å². The number of ketones is 1. The number of halogens is 2. The van der Waals surface area contributed by atoms with Crippen LogP contribution in [0.1, 0.15) is 20.8 Å². The molecule has 140 valence electrons. The van der Waals surface area contributed by atoms with Crippen LogP contribution in [0.2, 0.25) is 9.49 Å². The van der Waals surface area contributed by atoms with Crippen molar-refractivity contribution in [1.82, 2.24) is 4.98 Å². The SMILES string of the molecule is COc1cc(NCc2cnc(Cl)s2)c(C(=O)c2ccc(Cl)cc2)cc1OC. The van der Waals surface area contributed by atoms with Gasteiger partial charge in [0.15, 0.2) is 21.7 Å². The summed E-state index contributed by atoms with van der Waals surface area (Å²) in [7, 11) is 3.08. The summed E-state index contributed by atoms with van der Waals surface area (Å²) < 4.78 is 11.2. The highest BCUT2D eigenvalue weighted by Crippen LogP contribution is 2.35. The number of methoxy groups -OCH3 is 2. The van der Waals surface area contributed by atoms with Gasteiger partial charge in [0.05, 0.1) is 20.8 Å². The van der Waals surface area contributed by atoms with Crippen LogP contribution >= 0.6 is 34.5 Å². The molecule has 0 fully saturated rings. The minimum atomic E-state index is -0.155. The molecule has 0 radical (unpaired) electrons. The van der Waals surface area contributed by atoms with E-state index in [1.54, 1.807) is 49.7 Å². The zero-order valence-corrected chi connectivity index (χ0v) is 16.9. The molecule has 1 heterocycles. The van der Waals surface area contributed by atoms with Gasteiger partial charge in [-0.05, 0) is 30.3 Å². The number of aromatic nitrogens is 1. The number of thiazole rings is 1. The number of rotatable bonds is 7. The Morgan fingerprint density at radius 1 is 1.11 bits per heavy atom. The molecule has 0 amide bonds. The van der Waals surface area contributed by atoms with Crippen molar-refractivity contribution in [3.63, 3.8) is 0 Å². The molecular formula is C19H16Cl2N2O3S. The highest BCUT2D eigenvalue weighted by atomic mass is 35.5. The second kappa shape index (κ2) is 8.61. The number of carbonyl (C=O) groups excluding carboxylic acids is 1. The molecule has 0 aliphatic rings. The van der Waals surface area contributed by atoms with Crippen LogP contribution in [-0.4, -0.2) is 25.0 Å². The van der Waals surface area contributed by atoms with Crippen molar-refractivity contribution in [2.24, 2.45) is 0 Å². The molecular weight excluding hydrogens is 407 g/mol. The lowest BCUT2D eigenvalue weighted by atomic mass is 10.0. The highest BCUT2D eigenvalue weighted by Gasteiger charge is 2.18. The average Bonchev–Trinajstić information content (AvgIpc) is 3.10. The summed E-state index contributed by atoms with van der Waals surface area (Å²) in [5.74, 6) is 0.841. The summed E-state index contributed by atoms with van der Waals surface area (Å²) in [5.41, 5.74) is 1.61. The van der Waals surface area contributed by atoms with Crippen molar-refractivity contribution in [2.45, 2.75) is 6.54 Å². The zero-order chi connectivity index (χ0) is 19.4. The summed E-state index contributed by atoms with van der Waals surface area (Å²) >= 11 is 13.2. The van der Waals surface area contributed by atoms with Crippen LogP contribution in [0.4, 0.5) is 5.69 Å². The fourth-order valence-electron chi connectivity index (χ4n) is 2.52. The van der Waals surface area contributed by atoms with Gasteiger partial charge in [-0.1, -0.05) is 23.2 Å². The lowest BCUT2D eigenvalue weighted by molar-refractivity contribution is 0.103. The zero-order valence-electron chi connectivity index (χ0n) is 14.6. The molecule has 27 heavy (non-hydrogen) atoms. The van der Waals surface area contributed by atoms with Gasteiger partial charge in [-0.15, -0.1) is 11.3 Å². The third-order valence-corrected chi connectivity index (χ3v) is 5.22. The van der Waals surface area contributed by atoms with E-state index in [-0.39, 0.29) is 5.78 Å². The third kappa shape index (κ3) is 4.53. The van der Waals surface area contributed by atoms with E-state index in [2.05, 4.69) is 10.3 Å². The predicted octanol–water partition coefficient (Wildman–Crippen LogP) is 5.31. The summed E-state index contributed by atoms with van der Waals surface area (Å²) in [6, 6.07) is 10.1. The topological polar surface area (TPSA) is 60.5 Å². The second-order valence-corrected chi connectivity index (χ2v) is 7.66. The summed E-state index contributed by atoms with van der Waals surface area (Å²) in [6.45, 7) is 0.473. The number of ether oxygens (including phenoxy) is 2. The molecule has 0 atom stereocenters. The predicted molar refractivity (Wildman–Crippen MR) is 109 cm³/mol. The number of nitrogens with one attached hydrogen (secondary N) is 1. The van der Waals surface area contributed by atoms with Gasteiger partial charge in [0, 0.05) is 39.0 Å². The van der Waals surface area contributed by atoms with Gasteiger partial charge in [-0.3, -0.25) is 4.79 Å². The number of nitrogens with zero attached hydrogens (tertiary/aromatic N) is 1. The molecule has 0 spiro atoms. The minimum absolute atomic E-state index is 0.155. The Hall–Kier alpha value is -2.28. The first-order valence-electron chi connectivity index (χ1n) is 7.92. The van der Waals surface area contributed by atoms with Gasteiger partial charge < -0.3 is 14.8 Å². The van der Waals surface area contributed by atoms with Gasteiger partial charge in [0.1, 0.15) is 0 Å². The Kier molecular flexibility index (Phi) is 6.21. The van der Waals surface area contributed by atoms with Crippen LogP contribution in [0.3, 0.4) is 0 Å². The number of carbonyl (C=O) groups is 1. The van der Waals surface area contributed by atoms with Gasteiger partial charge in [-0.2, -0.15) is 0 Å². The Bertz CT molecular complexity index is 958. The lowest BCUT2D eigenvalue weighted by Crippen LogP contribution is -2.09. The van der Waals surface area contributed by atoms with Crippen molar-refractivity contribution in [1.29, 1.82) is 0 Å². The Morgan fingerprint density at radius 3 is 2.37 bits per heavy atom. The van der Waals surface area contributed by atoms with Gasteiger partial charge in [0.2, 0.25) is 0 Å². The summed E-state index contributed by atoms with van der Waals surface area (Å²) in [4.78, 5) is 18.0. The van der Waals surface area contributed by atoms with Crippen LogP contribution in [0, 0.1) is 0 Å². The number of hydrogen-bond acceptors (Lipinski definition) is 6. The molecule has 5 nitrogen and oxygen atoms in total. The molecule has 2 aromatic carbocycles. The van der Waals surface area contributed by atoms with Crippen LogP contribution < -0.4 is 14.8 Å². The van der Waals surface area contributed by atoms with Crippen molar-refractivity contribution < 1.29 is 14.3 Å². The minimum Gasteiger partial charge on any atom is -0.493 e. The van der Waals surface area contributed by atoms with Crippen LogP contribution in [0.25, 0.3) is 0 Å². The largest absolute Gasteiger partial charge is 0.493 e. The smallest absolute Gasteiger partial charge is 0.195 e. The van der Waals surface area contributed by atoms with Crippen molar-refractivity contribution in [3.8, 4) is 11.5 Å². The fourth-order valence-corrected chi connectivity index (χ4v) is 3.56. The molecule has 3 rings (SSSR count). The maximum atomic E-state index is 13.1. The van der Waals surface area contributed by atoms with Crippen molar-refractivity contribution in [3.05, 3.63) is 68.1 Å². The maximum Gasteiger partial charge on any atom is 0.195 e. The normalized spacial score (nSPS) is 10.5. The molecule has 8 heteroatoms. The van der Waals surface area contributed by atoms with Crippen molar-refractivity contribution in [2.75, 3.05) is 19.5 Å². The Balaban J connectivity index is 1.98. The standard InChI is InChI=1S/C19H16Cl2N2O3S/c1-25-16-7-14(18(24)11-3-5-12(20)6-4-11)15(8-17(16)26-2)22-9-13-10-23-19(21)27-13/h3-8,10,22H,9H2,1-2H3. The molecule has 0 aliphatic heterocycles. The van der Waals surface area contributed by atoms with E-state index in [1.807, 2.05) is 0 Å². The van der Waals surface area contributed by atoms with E-state index >= 15 is 0 Å². The van der Waals surface area contributed by atoms with Crippen molar-refractivity contribution >= 4 is 46.0 Å². The molecule has 1 N–H and O–H groups in total. The molecule has 0 aliphatic carbocycles. The molecule has 3 aromatic rings. The first kappa shape index (κ1) is 19.5. The fraction of sp³-hybridized carbons (Fsp3) is 0.158.